The molecule has 0 saturated heterocycles. The van der Waals surface area contributed by atoms with Crippen LogP contribution in [0.5, 0.6) is 5.75 Å². The van der Waals surface area contributed by atoms with Crippen molar-refractivity contribution in [2.24, 2.45) is 5.73 Å². The highest BCUT2D eigenvalue weighted by Crippen LogP contribution is 2.30. The number of hydrogen-bond acceptors (Lipinski definition) is 2. The number of benzene rings is 2. The molecule has 0 aromatic heterocycles. The van der Waals surface area contributed by atoms with Gasteiger partial charge in [-0.2, -0.15) is 0 Å². The van der Waals surface area contributed by atoms with E-state index in [1.165, 1.54) is 5.56 Å². The summed E-state index contributed by atoms with van der Waals surface area (Å²) in [5, 5.41) is 0. The molecule has 0 fully saturated rings. The minimum atomic E-state index is -0.154. The van der Waals surface area contributed by atoms with Crippen molar-refractivity contribution < 1.29 is 4.74 Å². The van der Waals surface area contributed by atoms with Crippen molar-refractivity contribution >= 4 is 15.9 Å². The van der Waals surface area contributed by atoms with E-state index in [0.29, 0.717) is 0 Å². The highest BCUT2D eigenvalue weighted by atomic mass is 79.9. The Morgan fingerprint density at radius 2 is 1.84 bits per heavy atom. The summed E-state index contributed by atoms with van der Waals surface area (Å²) < 4.78 is 7.01. The first-order chi connectivity index (χ1) is 9.08. The van der Waals surface area contributed by atoms with Gasteiger partial charge in [-0.15, -0.1) is 0 Å². The Labute approximate surface area is 122 Å². The molecule has 2 aromatic rings. The van der Waals surface area contributed by atoms with Gasteiger partial charge < -0.3 is 10.5 Å². The molecule has 0 aliphatic carbocycles. The zero-order valence-corrected chi connectivity index (χ0v) is 12.7. The van der Waals surface area contributed by atoms with Crippen LogP contribution in [-0.2, 0) is 0 Å². The molecule has 0 amide bonds. The summed E-state index contributed by atoms with van der Waals surface area (Å²) in [6, 6.07) is 16.0. The lowest BCUT2D eigenvalue weighted by Crippen LogP contribution is -2.29. The van der Waals surface area contributed by atoms with Gasteiger partial charge >= 0.3 is 0 Å². The van der Waals surface area contributed by atoms with Gasteiger partial charge in [-0.1, -0.05) is 42.0 Å². The van der Waals surface area contributed by atoms with E-state index in [1.54, 1.807) is 0 Å². The van der Waals surface area contributed by atoms with Crippen molar-refractivity contribution in [1.82, 2.24) is 0 Å². The maximum atomic E-state index is 6.08. The Balaban J connectivity index is 2.29. The van der Waals surface area contributed by atoms with Gasteiger partial charge in [0.05, 0.1) is 4.47 Å². The average molecular weight is 320 g/mol. The van der Waals surface area contributed by atoms with Crippen LogP contribution in [0.4, 0.5) is 0 Å². The van der Waals surface area contributed by atoms with Crippen molar-refractivity contribution in [3.05, 3.63) is 64.1 Å². The fourth-order valence-corrected chi connectivity index (χ4v) is 2.38. The number of hydrogen-bond donors (Lipinski definition) is 1. The fourth-order valence-electron chi connectivity index (χ4n) is 2.00. The molecule has 0 aliphatic heterocycles. The van der Waals surface area contributed by atoms with Gasteiger partial charge in [-0.3, -0.25) is 0 Å². The monoisotopic (exact) mass is 319 g/mol. The first-order valence-corrected chi connectivity index (χ1v) is 7.10. The summed E-state index contributed by atoms with van der Waals surface area (Å²) in [4.78, 5) is 0. The topological polar surface area (TPSA) is 35.2 Å². The van der Waals surface area contributed by atoms with Gasteiger partial charge in [0.1, 0.15) is 11.9 Å². The highest BCUT2D eigenvalue weighted by molar-refractivity contribution is 9.10. The van der Waals surface area contributed by atoms with Crippen LogP contribution >= 0.6 is 15.9 Å². The van der Waals surface area contributed by atoms with Crippen LogP contribution < -0.4 is 10.5 Å². The molecule has 2 atom stereocenters. The maximum absolute atomic E-state index is 6.08. The first kappa shape index (κ1) is 14.1. The second kappa shape index (κ2) is 6.22. The van der Waals surface area contributed by atoms with Crippen molar-refractivity contribution in [3.63, 3.8) is 0 Å². The third kappa shape index (κ3) is 3.58. The number of rotatable bonds is 4. The Hall–Kier alpha value is -1.32. The number of nitrogens with two attached hydrogens (primary N) is 1. The summed E-state index contributed by atoms with van der Waals surface area (Å²) in [6.45, 7) is 4.03. The second-order valence-electron chi connectivity index (χ2n) is 4.74. The van der Waals surface area contributed by atoms with Gasteiger partial charge in [0, 0.05) is 6.04 Å². The molecule has 0 saturated carbocycles. The molecule has 19 heavy (non-hydrogen) atoms. The number of para-hydroxylation sites is 1. The molecule has 100 valence electrons. The number of ether oxygens (including phenoxy) is 1. The summed E-state index contributed by atoms with van der Waals surface area (Å²) in [6.07, 6.45) is -0.154. The maximum Gasteiger partial charge on any atom is 0.139 e. The summed E-state index contributed by atoms with van der Waals surface area (Å²) in [5.74, 6) is 0.811. The molecule has 0 aliphatic rings. The van der Waals surface area contributed by atoms with E-state index in [2.05, 4.69) is 41.1 Å². The zero-order valence-electron chi connectivity index (χ0n) is 11.1. The first-order valence-electron chi connectivity index (χ1n) is 6.31. The van der Waals surface area contributed by atoms with Crippen LogP contribution in [0.15, 0.2) is 53.0 Å². The van der Waals surface area contributed by atoms with Crippen molar-refractivity contribution in [1.29, 1.82) is 0 Å². The average Bonchev–Trinajstić information content (AvgIpc) is 2.37. The summed E-state index contributed by atoms with van der Waals surface area (Å²) in [7, 11) is 0. The Morgan fingerprint density at radius 1 is 1.11 bits per heavy atom. The van der Waals surface area contributed by atoms with Crippen molar-refractivity contribution in [2.75, 3.05) is 0 Å². The number of aryl methyl sites for hydroxylation is 1. The predicted molar refractivity (Wildman–Crippen MR) is 82.3 cm³/mol. The standard InChI is InChI=1S/C16H18BrNO/c1-11-6-5-7-13(10-11)16(12(2)18)19-15-9-4-3-8-14(15)17/h3-10,12,16H,18H2,1-2H3. The molecule has 0 bridgehead atoms. The molecule has 2 unspecified atom stereocenters. The minimum absolute atomic E-state index is 0.0890. The van der Waals surface area contributed by atoms with Gasteiger partial charge in [0.15, 0.2) is 0 Å². The Bertz CT molecular complexity index is 554. The Morgan fingerprint density at radius 3 is 2.47 bits per heavy atom. The van der Waals surface area contributed by atoms with Crippen LogP contribution in [0.2, 0.25) is 0 Å². The third-order valence-electron chi connectivity index (χ3n) is 2.94. The molecule has 2 aromatic carbocycles. The van der Waals surface area contributed by atoms with E-state index in [4.69, 9.17) is 10.5 Å². The molecule has 0 spiro atoms. The third-order valence-corrected chi connectivity index (χ3v) is 3.59. The van der Waals surface area contributed by atoms with Crippen LogP contribution in [0.25, 0.3) is 0 Å². The molecule has 2 N–H and O–H groups in total. The quantitative estimate of drug-likeness (QED) is 0.915. The predicted octanol–water partition coefficient (Wildman–Crippen LogP) is 4.22. The molecule has 2 nitrogen and oxygen atoms in total. The van der Waals surface area contributed by atoms with Crippen LogP contribution in [0.3, 0.4) is 0 Å². The highest BCUT2D eigenvalue weighted by Gasteiger charge is 2.19. The second-order valence-corrected chi connectivity index (χ2v) is 5.60. The Kier molecular flexibility index (Phi) is 4.61. The van der Waals surface area contributed by atoms with Crippen LogP contribution in [0.1, 0.15) is 24.2 Å². The van der Waals surface area contributed by atoms with Crippen LogP contribution in [-0.4, -0.2) is 6.04 Å². The van der Waals surface area contributed by atoms with Gasteiger partial charge in [0.25, 0.3) is 0 Å². The van der Waals surface area contributed by atoms with E-state index in [9.17, 15) is 0 Å². The lowest BCUT2D eigenvalue weighted by Gasteiger charge is -2.24. The SMILES string of the molecule is Cc1cccc(C(Oc2ccccc2Br)C(C)N)c1. The zero-order chi connectivity index (χ0) is 13.8. The molecule has 0 radical (unpaired) electrons. The minimum Gasteiger partial charge on any atom is -0.483 e. The normalized spacial score (nSPS) is 13.9. The number of halogens is 1. The lowest BCUT2D eigenvalue weighted by molar-refractivity contribution is 0.179. The van der Waals surface area contributed by atoms with Gasteiger partial charge in [-0.25, -0.2) is 0 Å². The smallest absolute Gasteiger partial charge is 0.139 e. The van der Waals surface area contributed by atoms with E-state index in [0.717, 1.165) is 15.8 Å². The molecule has 2 rings (SSSR count). The molecule has 0 heterocycles. The lowest BCUT2D eigenvalue weighted by atomic mass is 10.0. The molecule has 3 heteroatoms. The van der Waals surface area contributed by atoms with E-state index < -0.39 is 0 Å². The van der Waals surface area contributed by atoms with Crippen LogP contribution in [0, 0.1) is 6.92 Å². The fraction of sp³-hybridized carbons (Fsp3) is 0.250. The van der Waals surface area contributed by atoms with Gasteiger partial charge in [-0.05, 0) is 47.5 Å². The largest absolute Gasteiger partial charge is 0.483 e. The summed E-state index contributed by atoms with van der Waals surface area (Å²) in [5.41, 5.74) is 8.39. The van der Waals surface area contributed by atoms with E-state index in [-0.39, 0.29) is 12.1 Å². The summed E-state index contributed by atoms with van der Waals surface area (Å²) >= 11 is 3.50. The van der Waals surface area contributed by atoms with Gasteiger partial charge in [0.2, 0.25) is 0 Å². The molecular weight excluding hydrogens is 302 g/mol. The van der Waals surface area contributed by atoms with Crippen molar-refractivity contribution in [3.8, 4) is 5.75 Å². The molecular formula is C16H18BrNO. The van der Waals surface area contributed by atoms with E-state index in [1.807, 2.05) is 37.3 Å². The van der Waals surface area contributed by atoms with Crippen molar-refractivity contribution in [2.45, 2.75) is 26.0 Å². The van der Waals surface area contributed by atoms with E-state index >= 15 is 0 Å².